The molecule has 51 heavy (non-hydrogen) atoms. The van der Waals surface area contributed by atoms with E-state index in [2.05, 4.69) is 17.2 Å². The number of aliphatic hydroxyl groups is 9. The minimum Gasteiger partial charge on any atom is -0.393 e. The SMILES string of the molecule is CCC(O)CC(O)/C=C/CC(O)CC(O)CC(O)/C=C/CC(O)CC(O)/C=C/CC(O)CC(O)CCCN=C(N)NC(=O)CC1CCCCC1C. The van der Waals surface area contributed by atoms with E-state index in [9.17, 15) is 50.8 Å². The monoisotopic (exact) mass is 727 g/mol. The molecule has 13 heteroatoms. The minimum absolute atomic E-state index is 0.0108. The van der Waals surface area contributed by atoms with Crippen molar-refractivity contribution in [2.45, 2.75) is 172 Å². The summed E-state index contributed by atoms with van der Waals surface area (Å²) < 4.78 is 0. The van der Waals surface area contributed by atoms with E-state index < -0.39 is 54.9 Å². The maximum atomic E-state index is 12.3. The van der Waals surface area contributed by atoms with E-state index in [0.717, 1.165) is 19.3 Å². The summed E-state index contributed by atoms with van der Waals surface area (Å²) in [4.78, 5) is 16.4. The number of aliphatic hydroxyl groups excluding tert-OH is 9. The van der Waals surface area contributed by atoms with Gasteiger partial charge >= 0.3 is 0 Å². The first-order valence-corrected chi connectivity index (χ1v) is 18.9. The smallest absolute Gasteiger partial charge is 0.226 e. The summed E-state index contributed by atoms with van der Waals surface area (Å²) in [5.74, 6) is 0.871. The Morgan fingerprint density at radius 3 is 1.71 bits per heavy atom. The molecule has 0 aromatic carbocycles. The molecule has 296 valence electrons. The summed E-state index contributed by atoms with van der Waals surface area (Å²) in [5.41, 5.74) is 5.85. The van der Waals surface area contributed by atoms with Crippen molar-refractivity contribution in [3.63, 3.8) is 0 Å². The fraction of sp³-hybridized carbons (Fsp3) is 0.789. The fourth-order valence-electron chi connectivity index (χ4n) is 6.24. The number of hydrogen-bond donors (Lipinski definition) is 11. The summed E-state index contributed by atoms with van der Waals surface area (Å²) in [6.07, 6.45) is 9.04. The van der Waals surface area contributed by atoms with Crippen LogP contribution in [0.2, 0.25) is 0 Å². The van der Waals surface area contributed by atoms with Crippen molar-refractivity contribution in [2.24, 2.45) is 22.6 Å². The van der Waals surface area contributed by atoms with Crippen molar-refractivity contribution in [2.75, 3.05) is 6.54 Å². The van der Waals surface area contributed by atoms with Gasteiger partial charge in [-0.3, -0.25) is 15.1 Å². The molecule has 1 amide bonds. The van der Waals surface area contributed by atoms with Crippen molar-refractivity contribution in [3.05, 3.63) is 36.5 Å². The minimum atomic E-state index is -0.993. The number of nitrogens with one attached hydrogen (secondary N) is 1. The largest absolute Gasteiger partial charge is 0.393 e. The van der Waals surface area contributed by atoms with Crippen molar-refractivity contribution in [1.82, 2.24) is 5.32 Å². The number of rotatable bonds is 26. The predicted octanol–water partition coefficient (Wildman–Crippen LogP) is 1.86. The molecule has 0 heterocycles. The van der Waals surface area contributed by atoms with Gasteiger partial charge in [0.05, 0.1) is 54.9 Å². The Morgan fingerprint density at radius 2 is 1.18 bits per heavy atom. The average molecular weight is 728 g/mol. The third-order valence-corrected chi connectivity index (χ3v) is 9.38. The molecule has 0 radical (unpaired) electrons. The average Bonchev–Trinajstić information content (AvgIpc) is 3.03. The normalized spacial score (nSPS) is 22.8. The Labute approximate surface area is 304 Å². The number of carbonyl (C=O) groups is 1. The number of nitrogens with zero attached hydrogens (tertiary/aromatic N) is 1. The third kappa shape index (κ3) is 24.6. The Bertz CT molecular complexity index is 1040. The second kappa shape index (κ2) is 27.4. The molecule has 1 saturated carbocycles. The highest BCUT2D eigenvalue weighted by atomic mass is 16.3. The van der Waals surface area contributed by atoms with Gasteiger partial charge in [-0.05, 0) is 69.6 Å². The van der Waals surface area contributed by atoms with E-state index in [1.54, 1.807) is 18.2 Å². The highest BCUT2D eigenvalue weighted by molar-refractivity contribution is 5.96. The predicted molar refractivity (Wildman–Crippen MR) is 198 cm³/mol. The Kier molecular flexibility index (Phi) is 25.2. The number of amides is 1. The molecule has 1 rings (SSSR count). The van der Waals surface area contributed by atoms with Gasteiger partial charge in [-0.1, -0.05) is 69.6 Å². The van der Waals surface area contributed by atoms with Crippen molar-refractivity contribution >= 4 is 11.9 Å². The zero-order valence-electron chi connectivity index (χ0n) is 30.8. The molecule has 1 aliphatic rings. The quantitative estimate of drug-likeness (QED) is 0.0266. The van der Waals surface area contributed by atoms with E-state index >= 15 is 0 Å². The van der Waals surface area contributed by atoms with Crippen molar-refractivity contribution in [3.8, 4) is 0 Å². The Balaban J connectivity index is 2.21. The standard InChI is InChI=1S/C38H69N3O10/c1-3-28(42)21-29(43)12-6-16-33(47)24-36(50)25-34(48)17-8-15-31(45)22-30(44)13-7-14-32(46)23-35(49)18-9-19-40-38(39)41-37(51)20-27-11-5-4-10-26(27)2/h6-8,12-13,17,26-36,42-50H,3-5,9-11,14-16,18-25H2,1-2H3,(H3,39,40,41,51)/b12-6+,13-7+,17-8+. The van der Waals surface area contributed by atoms with Gasteiger partial charge in [0.25, 0.3) is 0 Å². The van der Waals surface area contributed by atoms with E-state index in [1.165, 1.54) is 24.6 Å². The summed E-state index contributed by atoms with van der Waals surface area (Å²) in [5, 5.41) is 93.5. The van der Waals surface area contributed by atoms with E-state index in [0.29, 0.717) is 44.1 Å². The molecule has 11 unspecified atom stereocenters. The van der Waals surface area contributed by atoms with Crippen molar-refractivity contribution in [1.29, 1.82) is 0 Å². The van der Waals surface area contributed by atoms with Crippen LogP contribution in [-0.4, -0.2) is 119 Å². The molecule has 0 aromatic rings. The first-order valence-electron chi connectivity index (χ1n) is 18.9. The Morgan fingerprint density at radius 1 is 0.706 bits per heavy atom. The maximum Gasteiger partial charge on any atom is 0.226 e. The van der Waals surface area contributed by atoms with Crippen LogP contribution in [0, 0.1) is 11.8 Å². The van der Waals surface area contributed by atoms with Crippen LogP contribution < -0.4 is 11.1 Å². The van der Waals surface area contributed by atoms with Gasteiger partial charge in [0, 0.05) is 32.2 Å². The van der Waals surface area contributed by atoms with E-state index in [4.69, 9.17) is 5.73 Å². The number of nitrogens with two attached hydrogens (primary N) is 1. The van der Waals surface area contributed by atoms with Crippen LogP contribution >= 0.6 is 0 Å². The van der Waals surface area contributed by atoms with Crippen LogP contribution in [0.4, 0.5) is 0 Å². The first kappa shape index (κ1) is 46.8. The highest BCUT2D eigenvalue weighted by Crippen LogP contribution is 2.31. The zero-order valence-corrected chi connectivity index (χ0v) is 30.8. The lowest BCUT2D eigenvalue weighted by Gasteiger charge is -2.28. The van der Waals surface area contributed by atoms with Crippen LogP contribution in [-0.2, 0) is 4.79 Å². The van der Waals surface area contributed by atoms with Gasteiger partial charge < -0.3 is 51.7 Å². The fourth-order valence-corrected chi connectivity index (χ4v) is 6.24. The molecular formula is C38H69N3O10. The van der Waals surface area contributed by atoms with Gasteiger partial charge in [0.2, 0.25) is 5.91 Å². The highest BCUT2D eigenvalue weighted by Gasteiger charge is 2.24. The lowest BCUT2D eigenvalue weighted by molar-refractivity contribution is -0.121. The molecular weight excluding hydrogens is 658 g/mol. The van der Waals surface area contributed by atoms with Crippen LogP contribution in [0.15, 0.2) is 41.4 Å². The molecule has 1 aliphatic carbocycles. The van der Waals surface area contributed by atoms with Gasteiger partial charge in [-0.15, -0.1) is 0 Å². The van der Waals surface area contributed by atoms with Crippen molar-refractivity contribution < 1.29 is 50.8 Å². The second-order valence-corrected chi connectivity index (χ2v) is 14.4. The van der Waals surface area contributed by atoms with Gasteiger partial charge in [-0.25, -0.2) is 0 Å². The summed E-state index contributed by atoms with van der Waals surface area (Å²) >= 11 is 0. The topological polar surface area (TPSA) is 250 Å². The number of aliphatic imine (C=N–C) groups is 1. The number of carbonyl (C=O) groups excluding carboxylic acids is 1. The third-order valence-electron chi connectivity index (χ3n) is 9.38. The summed E-state index contributed by atoms with van der Waals surface area (Å²) in [7, 11) is 0. The lowest BCUT2D eigenvalue weighted by Crippen LogP contribution is -2.38. The zero-order chi connectivity index (χ0) is 38.2. The number of guanidine groups is 1. The second-order valence-electron chi connectivity index (χ2n) is 14.4. The number of hydrogen-bond acceptors (Lipinski definition) is 11. The molecule has 0 aliphatic heterocycles. The first-order chi connectivity index (χ1) is 24.2. The molecule has 0 spiro atoms. The molecule has 12 N–H and O–H groups in total. The van der Waals surface area contributed by atoms with E-state index in [1.807, 2.05) is 6.92 Å². The molecule has 11 atom stereocenters. The van der Waals surface area contributed by atoms with Crippen LogP contribution in [0.1, 0.15) is 117 Å². The molecule has 0 bridgehead atoms. The summed E-state index contributed by atoms with van der Waals surface area (Å²) in [6, 6.07) is 0. The molecule has 0 saturated heterocycles. The van der Waals surface area contributed by atoms with Gasteiger partial charge in [0.1, 0.15) is 0 Å². The molecule has 13 nitrogen and oxygen atoms in total. The maximum absolute atomic E-state index is 12.3. The molecule has 0 aromatic heterocycles. The van der Waals surface area contributed by atoms with Crippen LogP contribution in [0.3, 0.4) is 0 Å². The summed E-state index contributed by atoms with van der Waals surface area (Å²) in [6.45, 7) is 4.34. The lowest BCUT2D eigenvalue weighted by atomic mass is 9.78. The van der Waals surface area contributed by atoms with Gasteiger partial charge in [-0.2, -0.15) is 0 Å². The van der Waals surface area contributed by atoms with Crippen LogP contribution in [0.25, 0.3) is 0 Å². The Hall–Kier alpha value is -2.20. The molecule has 1 fully saturated rings. The van der Waals surface area contributed by atoms with Gasteiger partial charge in [0.15, 0.2) is 5.96 Å². The van der Waals surface area contributed by atoms with E-state index in [-0.39, 0.29) is 63.2 Å². The van der Waals surface area contributed by atoms with Crippen LogP contribution in [0.5, 0.6) is 0 Å².